The summed E-state index contributed by atoms with van der Waals surface area (Å²) in [4.78, 5) is 8.77. The van der Waals surface area contributed by atoms with Gasteiger partial charge in [-0.15, -0.1) is 0 Å². The van der Waals surface area contributed by atoms with E-state index in [1.54, 1.807) is 18.6 Å². The molecule has 0 aliphatic carbocycles. The Balaban J connectivity index is 2.24. The highest BCUT2D eigenvalue weighted by molar-refractivity contribution is 5.82. The SMILES string of the molecule is CCOC(O)c1cc(-c2ccncc2)nc2c1cnn2C(C)C. The van der Waals surface area contributed by atoms with Crippen LogP contribution in [-0.4, -0.2) is 31.5 Å². The summed E-state index contributed by atoms with van der Waals surface area (Å²) < 4.78 is 7.22. The summed E-state index contributed by atoms with van der Waals surface area (Å²) in [5, 5.41) is 15.5. The third-order valence-corrected chi connectivity index (χ3v) is 3.65. The third-order valence-electron chi connectivity index (χ3n) is 3.65. The molecule has 0 saturated carbocycles. The molecule has 0 amide bonds. The van der Waals surface area contributed by atoms with Gasteiger partial charge in [-0.25, -0.2) is 9.67 Å². The van der Waals surface area contributed by atoms with Gasteiger partial charge in [0.1, 0.15) is 0 Å². The van der Waals surface area contributed by atoms with Gasteiger partial charge < -0.3 is 9.84 Å². The molecule has 0 bridgehead atoms. The van der Waals surface area contributed by atoms with Crippen LogP contribution in [0, 0.1) is 0 Å². The normalized spacial score (nSPS) is 12.9. The van der Waals surface area contributed by atoms with Gasteiger partial charge in [0, 0.05) is 41.6 Å². The Bertz CT molecular complexity index is 799. The zero-order valence-corrected chi connectivity index (χ0v) is 13.5. The largest absolute Gasteiger partial charge is 0.364 e. The average Bonchev–Trinajstić information content (AvgIpc) is 2.99. The van der Waals surface area contributed by atoms with Crippen LogP contribution in [0.15, 0.2) is 36.8 Å². The summed E-state index contributed by atoms with van der Waals surface area (Å²) in [7, 11) is 0. The Hall–Kier alpha value is -2.31. The number of rotatable bonds is 5. The fourth-order valence-electron chi connectivity index (χ4n) is 2.54. The van der Waals surface area contributed by atoms with Gasteiger partial charge in [0.25, 0.3) is 0 Å². The second-order valence-corrected chi connectivity index (χ2v) is 5.56. The van der Waals surface area contributed by atoms with E-state index >= 15 is 0 Å². The zero-order chi connectivity index (χ0) is 16.4. The van der Waals surface area contributed by atoms with E-state index in [4.69, 9.17) is 9.72 Å². The molecule has 0 radical (unpaired) electrons. The summed E-state index contributed by atoms with van der Waals surface area (Å²) in [6.07, 6.45) is 4.17. The second-order valence-electron chi connectivity index (χ2n) is 5.56. The molecule has 3 heterocycles. The van der Waals surface area contributed by atoms with Gasteiger partial charge in [-0.3, -0.25) is 4.98 Å². The Morgan fingerprint density at radius 3 is 2.65 bits per heavy atom. The van der Waals surface area contributed by atoms with E-state index in [1.807, 2.05) is 43.7 Å². The lowest BCUT2D eigenvalue weighted by molar-refractivity contribution is -0.0970. The van der Waals surface area contributed by atoms with E-state index in [-0.39, 0.29) is 6.04 Å². The molecule has 3 aromatic heterocycles. The Kier molecular flexibility index (Phi) is 4.36. The minimum Gasteiger partial charge on any atom is -0.364 e. The van der Waals surface area contributed by atoms with Gasteiger partial charge in [-0.05, 0) is 39.0 Å². The molecular weight excluding hydrogens is 292 g/mol. The van der Waals surface area contributed by atoms with E-state index in [0.717, 1.165) is 22.3 Å². The number of aliphatic hydroxyl groups is 1. The molecule has 0 aliphatic heterocycles. The zero-order valence-electron chi connectivity index (χ0n) is 13.5. The summed E-state index contributed by atoms with van der Waals surface area (Å²) in [6, 6.07) is 5.80. The predicted molar refractivity (Wildman–Crippen MR) is 87.7 cm³/mol. The van der Waals surface area contributed by atoms with Crippen LogP contribution in [0.1, 0.15) is 38.7 Å². The van der Waals surface area contributed by atoms with Gasteiger partial charge in [-0.2, -0.15) is 5.10 Å². The van der Waals surface area contributed by atoms with Crippen molar-refractivity contribution >= 4 is 11.0 Å². The van der Waals surface area contributed by atoms with Crippen molar-refractivity contribution in [3.05, 3.63) is 42.4 Å². The molecule has 0 spiro atoms. The van der Waals surface area contributed by atoms with Crippen LogP contribution in [0.5, 0.6) is 0 Å². The van der Waals surface area contributed by atoms with Gasteiger partial charge in [-0.1, -0.05) is 0 Å². The average molecular weight is 312 g/mol. The standard InChI is InChI=1S/C17H20N4O2/c1-4-23-17(22)13-9-15(12-5-7-18-8-6-12)20-16-14(13)10-19-21(16)11(2)3/h5-11,17,22H,4H2,1-3H3. The molecule has 3 rings (SSSR count). The first-order chi connectivity index (χ1) is 11.1. The highest BCUT2D eigenvalue weighted by Gasteiger charge is 2.18. The van der Waals surface area contributed by atoms with Gasteiger partial charge in [0.2, 0.25) is 0 Å². The lowest BCUT2D eigenvalue weighted by atomic mass is 10.1. The molecule has 0 aromatic carbocycles. The number of nitrogens with zero attached hydrogens (tertiary/aromatic N) is 4. The fourth-order valence-corrected chi connectivity index (χ4v) is 2.54. The van der Waals surface area contributed by atoms with E-state index in [9.17, 15) is 5.11 Å². The molecule has 0 fully saturated rings. The van der Waals surface area contributed by atoms with Crippen molar-refractivity contribution < 1.29 is 9.84 Å². The first-order valence-electron chi connectivity index (χ1n) is 7.70. The molecule has 1 atom stereocenters. The molecule has 6 heteroatoms. The third kappa shape index (κ3) is 2.95. The smallest absolute Gasteiger partial charge is 0.181 e. The lowest BCUT2D eigenvalue weighted by Crippen LogP contribution is -2.07. The number of hydrogen-bond acceptors (Lipinski definition) is 5. The summed E-state index contributed by atoms with van der Waals surface area (Å²) in [5.74, 6) is 0. The van der Waals surface area contributed by atoms with Gasteiger partial charge >= 0.3 is 0 Å². The van der Waals surface area contributed by atoms with E-state index in [2.05, 4.69) is 10.1 Å². The maximum Gasteiger partial charge on any atom is 0.181 e. The van der Waals surface area contributed by atoms with Crippen LogP contribution in [-0.2, 0) is 4.74 Å². The molecule has 120 valence electrons. The number of ether oxygens (including phenoxy) is 1. The minimum absolute atomic E-state index is 0.171. The molecule has 1 unspecified atom stereocenters. The second kappa shape index (κ2) is 6.44. The highest BCUT2D eigenvalue weighted by Crippen LogP contribution is 2.30. The van der Waals surface area contributed by atoms with Crippen molar-refractivity contribution in [3.8, 4) is 11.3 Å². The number of fused-ring (bicyclic) bond motifs is 1. The summed E-state index contributed by atoms with van der Waals surface area (Å²) >= 11 is 0. The van der Waals surface area contributed by atoms with Crippen LogP contribution in [0.4, 0.5) is 0 Å². The van der Waals surface area contributed by atoms with E-state index < -0.39 is 6.29 Å². The number of aliphatic hydroxyl groups excluding tert-OH is 1. The summed E-state index contributed by atoms with van der Waals surface area (Å²) in [5.41, 5.74) is 3.11. The molecular formula is C17H20N4O2. The Labute approximate surface area is 134 Å². The Morgan fingerprint density at radius 1 is 1.26 bits per heavy atom. The number of aromatic nitrogens is 4. The van der Waals surface area contributed by atoms with Crippen molar-refractivity contribution in [2.24, 2.45) is 0 Å². The van der Waals surface area contributed by atoms with Crippen LogP contribution >= 0.6 is 0 Å². The molecule has 0 saturated heterocycles. The number of hydrogen-bond donors (Lipinski definition) is 1. The first-order valence-corrected chi connectivity index (χ1v) is 7.70. The molecule has 0 aliphatic rings. The number of pyridine rings is 2. The monoisotopic (exact) mass is 312 g/mol. The summed E-state index contributed by atoms with van der Waals surface area (Å²) in [6.45, 7) is 6.37. The van der Waals surface area contributed by atoms with Crippen LogP contribution < -0.4 is 0 Å². The predicted octanol–water partition coefficient (Wildman–Crippen LogP) is 3.10. The van der Waals surface area contributed by atoms with Crippen molar-refractivity contribution in [1.29, 1.82) is 0 Å². The van der Waals surface area contributed by atoms with Gasteiger partial charge in [0.15, 0.2) is 11.9 Å². The molecule has 6 nitrogen and oxygen atoms in total. The maximum absolute atomic E-state index is 10.3. The molecule has 3 aromatic rings. The quantitative estimate of drug-likeness (QED) is 0.733. The maximum atomic E-state index is 10.3. The molecule has 1 N–H and O–H groups in total. The van der Waals surface area contributed by atoms with E-state index in [1.165, 1.54) is 0 Å². The van der Waals surface area contributed by atoms with Crippen LogP contribution in [0.25, 0.3) is 22.3 Å². The van der Waals surface area contributed by atoms with Crippen molar-refractivity contribution in [2.45, 2.75) is 33.1 Å². The Morgan fingerprint density at radius 2 is 2.00 bits per heavy atom. The van der Waals surface area contributed by atoms with Crippen molar-refractivity contribution in [2.75, 3.05) is 6.61 Å². The van der Waals surface area contributed by atoms with Gasteiger partial charge in [0.05, 0.1) is 11.9 Å². The topological polar surface area (TPSA) is 73.1 Å². The minimum atomic E-state index is -1.00. The van der Waals surface area contributed by atoms with Crippen LogP contribution in [0.2, 0.25) is 0 Å². The van der Waals surface area contributed by atoms with Crippen LogP contribution in [0.3, 0.4) is 0 Å². The van der Waals surface area contributed by atoms with E-state index in [0.29, 0.717) is 12.2 Å². The first kappa shape index (κ1) is 15.6. The van der Waals surface area contributed by atoms with Crippen molar-refractivity contribution in [1.82, 2.24) is 19.7 Å². The highest BCUT2D eigenvalue weighted by atomic mass is 16.6. The lowest BCUT2D eigenvalue weighted by Gasteiger charge is -2.14. The fraction of sp³-hybridized carbons (Fsp3) is 0.353. The molecule has 23 heavy (non-hydrogen) atoms. The van der Waals surface area contributed by atoms with Crippen molar-refractivity contribution in [3.63, 3.8) is 0 Å².